The van der Waals surface area contributed by atoms with Gasteiger partial charge in [-0.3, -0.25) is 14.3 Å². The smallest absolute Gasteiger partial charge is 0.264 e. The molecule has 1 aliphatic rings. The van der Waals surface area contributed by atoms with Crippen molar-refractivity contribution in [2.24, 2.45) is 5.92 Å². The van der Waals surface area contributed by atoms with E-state index in [0.717, 1.165) is 0 Å². The molecule has 0 saturated heterocycles. The number of aryl methyl sites for hydroxylation is 1. The van der Waals surface area contributed by atoms with Crippen LogP contribution in [-0.2, 0) is 23.4 Å². The Morgan fingerprint density at radius 3 is 2.74 bits per heavy atom. The third-order valence-corrected chi connectivity index (χ3v) is 6.57. The van der Waals surface area contributed by atoms with E-state index in [0.29, 0.717) is 53.3 Å². The molecule has 10 nitrogen and oxygen atoms in total. The van der Waals surface area contributed by atoms with Crippen molar-refractivity contribution in [1.82, 2.24) is 15.0 Å². The molecule has 2 heterocycles. The number of aliphatic hydroxyl groups excluding tert-OH is 1. The molecule has 0 spiro atoms. The Morgan fingerprint density at radius 2 is 2.03 bits per heavy atom. The predicted molar refractivity (Wildman–Crippen MR) is 145 cm³/mol. The Balaban J connectivity index is 1.54. The molecular weight excluding hydrogens is 484 g/mol. The average Bonchev–Trinajstić information content (AvgIpc) is 3.44. The Hall–Kier alpha value is -4.28. The van der Waals surface area contributed by atoms with E-state index in [-0.39, 0.29) is 19.1 Å². The van der Waals surface area contributed by atoms with Crippen molar-refractivity contribution in [3.63, 3.8) is 0 Å². The molecule has 0 aliphatic carbocycles. The van der Waals surface area contributed by atoms with Gasteiger partial charge in [0, 0.05) is 60.7 Å². The highest BCUT2D eigenvalue weighted by Crippen LogP contribution is 2.46. The van der Waals surface area contributed by atoms with Crippen LogP contribution in [0.2, 0.25) is 0 Å². The third-order valence-electron chi connectivity index (χ3n) is 6.57. The summed E-state index contributed by atoms with van der Waals surface area (Å²) in [6.07, 6.45) is 8.15. The molecule has 4 rings (SSSR count). The van der Waals surface area contributed by atoms with Gasteiger partial charge in [0.1, 0.15) is 0 Å². The van der Waals surface area contributed by atoms with Crippen LogP contribution in [-0.4, -0.2) is 50.2 Å². The molecule has 1 aliphatic heterocycles. The van der Waals surface area contributed by atoms with E-state index >= 15 is 0 Å². The van der Waals surface area contributed by atoms with Gasteiger partial charge in [0.25, 0.3) is 11.8 Å². The molecule has 0 unspecified atom stereocenters. The molecular formula is C28H32N6O4. The summed E-state index contributed by atoms with van der Waals surface area (Å²) in [5, 5.41) is 31.7. The summed E-state index contributed by atoms with van der Waals surface area (Å²) in [5.41, 5.74) is 7.04. The number of benzene rings is 2. The standard InChI is InChI=1S/C28H32N6O4/c1-3-14-34-25-12-11-22(30-26(36)20-7-9-21(29)10-8-20)17-24(25)28(38,27(34)37)19(2)6-4-5-15-33-18-23(13-16-35)31-32-33/h3-4,6-12,17-19,35,38H,1,5,13-16,29H2,2H3,(H,30,36)/b6-4+/t19-,28+/m1/s1. The van der Waals surface area contributed by atoms with Gasteiger partial charge in [-0.2, -0.15) is 0 Å². The zero-order chi connectivity index (χ0) is 27.3. The fraction of sp³-hybridized carbons (Fsp3) is 0.286. The van der Waals surface area contributed by atoms with Crippen molar-refractivity contribution in [3.05, 3.63) is 90.3 Å². The van der Waals surface area contributed by atoms with Crippen LogP contribution >= 0.6 is 0 Å². The normalized spacial score (nSPS) is 17.6. The second kappa shape index (κ2) is 11.4. The number of anilines is 3. The number of nitrogens with zero attached hydrogens (tertiary/aromatic N) is 4. The topological polar surface area (TPSA) is 147 Å². The van der Waals surface area contributed by atoms with Gasteiger partial charge in [-0.25, -0.2) is 0 Å². The van der Waals surface area contributed by atoms with Crippen LogP contribution in [0.15, 0.2) is 73.5 Å². The Bertz CT molecular complexity index is 1350. The molecule has 0 bridgehead atoms. The van der Waals surface area contributed by atoms with E-state index in [1.54, 1.807) is 66.3 Å². The second-order valence-corrected chi connectivity index (χ2v) is 9.23. The molecule has 2 amide bonds. The zero-order valence-electron chi connectivity index (χ0n) is 21.2. The fourth-order valence-corrected chi connectivity index (χ4v) is 4.50. The molecule has 3 aromatic rings. The molecule has 10 heteroatoms. The highest BCUT2D eigenvalue weighted by Gasteiger charge is 2.52. The van der Waals surface area contributed by atoms with E-state index < -0.39 is 17.4 Å². The van der Waals surface area contributed by atoms with Gasteiger partial charge in [0.2, 0.25) is 0 Å². The number of hydrogen-bond donors (Lipinski definition) is 4. The summed E-state index contributed by atoms with van der Waals surface area (Å²) in [6.45, 7) is 6.34. The zero-order valence-corrected chi connectivity index (χ0v) is 21.2. The number of fused-ring (bicyclic) bond motifs is 1. The number of hydrogen-bond acceptors (Lipinski definition) is 7. The highest BCUT2D eigenvalue weighted by molar-refractivity contribution is 6.09. The number of amides is 2. The number of allylic oxidation sites excluding steroid dienone is 1. The van der Waals surface area contributed by atoms with Crippen molar-refractivity contribution in [2.45, 2.75) is 31.9 Å². The van der Waals surface area contributed by atoms with Gasteiger partial charge < -0.3 is 26.2 Å². The van der Waals surface area contributed by atoms with Crippen molar-refractivity contribution in [1.29, 1.82) is 0 Å². The molecule has 0 radical (unpaired) electrons. The van der Waals surface area contributed by atoms with Crippen molar-refractivity contribution >= 4 is 28.9 Å². The monoisotopic (exact) mass is 516 g/mol. The number of rotatable bonds is 11. The average molecular weight is 517 g/mol. The molecule has 38 heavy (non-hydrogen) atoms. The summed E-state index contributed by atoms with van der Waals surface area (Å²) in [5.74, 6) is -1.34. The van der Waals surface area contributed by atoms with Gasteiger partial charge in [0.05, 0.1) is 11.4 Å². The van der Waals surface area contributed by atoms with Crippen LogP contribution in [0.25, 0.3) is 0 Å². The maximum Gasteiger partial charge on any atom is 0.264 e. The van der Waals surface area contributed by atoms with Crippen molar-refractivity contribution in [3.8, 4) is 0 Å². The number of nitrogen functional groups attached to an aromatic ring is 1. The quantitative estimate of drug-likeness (QED) is 0.226. The maximum atomic E-state index is 13.5. The summed E-state index contributed by atoms with van der Waals surface area (Å²) in [4.78, 5) is 27.7. The van der Waals surface area contributed by atoms with E-state index in [1.807, 2.05) is 12.2 Å². The number of nitrogens with one attached hydrogen (secondary N) is 1. The van der Waals surface area contributed by atoms with E-state index in [4.69, 9.17) is 10.8 Å². The molecule has 2 atom stereocenters. The first-order chi connectivity index (χ1) is 18.3. The van der Waals surface area contributed by atoms with Gasteiger partial charge >= 0.3 is 0 Å². The summed E-state index contributed by atoms with van der Waals surface area (Å²) < 4.78 is 1.69. The molecule has 0 fully saturated rings. The molecule has 5 N–H and O–H groups in total. The number of carbonyl (C=O) groups excluding carboxylic acids is 2. The predicted octanol–water partition coefficient (Wildman–Crippen LogP) is 2.65. The van der Waals surface area contributed by atoms with Crippen molar-refractivity contribution < 1.29 is 19.8 Å². The minimum Gasteiger partial charge on any atom is -0.399 e. The van der Waals surface area contributed by atoms with Gasteiger partial charge in [-0.05, 0) is 48.9 Å². The number of nitrogens with two attached hydrogens (primary N) is 1. The Labute approximate surface area is 221 Å². The molecule has 1 aromatic heterocycles. The van der Waals surface area contributed by atoms with Gasteiger partial charge in [-0.15, -0.1) is 11.7 Å². The van der Waals surface area contributed by atoms with Crippen LogP contribution in [0.1, 0.15) is 35.0 Å². The lowest BCUT2D eigenvalue weighted by Crippen LogP contribution is -2.44. The number of aliphatic hydroxyl groups is 2. The lowest BCUT2D eigenvalue weighted by molar-refractivity contribution is -0.139. The van der Waals surface area contributed by atoms with Gasteiger partial charge in [0.15, 0.2) is 5.60 Å². The maximum absolute atomic E-state index is 13.5. The van der Waals surface area contributed by atoms with Crippen LogP contribution in [0.5, 0.6) is 0 Å². The SMILES string of the molecule is C=CCN1C(=O)[C@](O)([C@H](C)/C=C/CCn2cc(CCO)nn2)c2cc(NC(=O)c3ccc(N)cc3)ccc21. The second-order valence-electron chi connectivity index (χ2n) is 9.23. The Morgan fingerprint density at radius 1 is 1.26 bits per heavy atom. The third kappa shape index (κ3) is 5.36. The first kappa shape index (κ1) is 26.8. The van der Waals surface area contributed by atoms with E-state index in [2.05, 4.69) is 22.2 Å². The minimum atomic E-state index is -1.82. The minimum absolute atomic E-state index is 0.0137. The summed E-state index contributed by atoms with van der Waals surface area (Å²) in [6, 6.07) is 11.6. The molecule has 198 valence electrons. The van der Waals surface area contributed by atoms with Crippen LogP contribution in [0.3, 0.4) is 0 Å². The summed E-state index contributed by atoms with van der Waals surface area (Å²) >= 11 is 0. The lowest BCUT2D eigenvalue weighted by Gasteiger charge is -2.27. The lowest BCUT2D eigenvalue weighted by atomic mass is 9.82. The van der Waals surface area contributed by atoms with E-state index in [9.17, 15) is 14.7 Å². The van der Waals surface area contributed by atoms with E-state index in [1.165, 1.54) is 4.90 Å². The highest BCUT2D eigenvalue weighted by atomic mass is 16.3. The van der Waals surface area contributed by atoms with Crippen LogP contribution < -0.4 is 16.0 Å². The molecule has 0 saturated carbocycles. The van der Waals surface area contributed by atoms with Crippen LogP contribution in [0.4, 0.5) is 17.1 Å². The fourth-order valence-electron chi connectivity index (χ4n) is 4.50. The summed E-state index contributed by atoms with van der Waals surface area (Å²) in [7, 11) is 0. The van der Waals surface area contributed by atoms with Gasteiger partial charge in [-0.1, -0.05) is 30.4 Å². The first-order valence-corrected chi connectivity index (χ1v) is 12.4. The number of carbonyl (C=O) groups is 2. The van der Waals surface area contributed by atoms with Crippen molar-refractivity contribution in [2.75, 3.05) is 29.1 Å². The molecule has 2 aromatic carbocycles. The largest absolute Gasteiger partial charge is 0.399 e. The first-order valence-electron chi connectivity index (χ1n) is 12.4. The number of aromatic nitrogens is 3. The van der Waals surface area contributed by atoms with Crippen LogP contribution in [0, 0.1) is 5.92 Å². The Kier molecular flexibility index (Phi) is 8.04.